The fourth-order valence-electron chi connectivity index (χ4n) is 2.40. The standard InChI is InChI=1S/C14H25N3OS/c1-4-12-13(10-15-5-2)19-14(16-12)17(3)11-6-8-18-9-7-11/h11,15H,4-10H2,1-3H3. The van der Waals surface area contributed by atoms with Crippen molar-refractivity contribution in [3.05, 3.63) is 10.6 Å². The zero-order valence-corrected chi connectivity index (χ0v) is 13.1. The van der Waals surface area contributed by atoms with Crippen LogP contribution in [0.1, 0.15) is 37.3 Å². The molecule has 4 nitrogen and oxygen atoms in total. The number of rotatable bonds is 6. The van der Waals surface area contributed by atoms with E-state index in [4.69, 9.17) is 9.72 Å². The summed E-state index contributed by atoms with van der Waals surface area (Å²) in [6.07, 6.45) is 3.24. The van der Waals surface area contributed by atoms with Crippen LogP contribution >= 0.6 is 11.3 Å². The van der Waals surface area contributed by atoms with E-state index in [1.54, 1.807) is 0 Å². The van der Waals surface area contributed by atoms with Crippen LogP contribution in [0.15, 0.2) is 0 Å². The van der Waals surface area contributed by atoms with E-state index in [1.807, 2.05) is 11.3 Å². The van der Waals surface area contributed by atoms with Gasteiger partial charge in [0.1, 0.15) is 0 Å². The van der Waals surface area contributed by atoms with Crippen molar-refractivity contribution in [1.82, 2.24) is 10.3 Å². The summed E-state index contributed by atoms with van der Waals surface area (Å²) < 4.78 is 5.44. The van der Waals surface area contributed by atoms with Gasteiger partial charge in [0.05, 0.1) is 5.69 Å². The van der Waals surface area contributed by atoms with Crippen LogP contribution in [0.25, 0.3) is 0 Å². The van der Waals surface area contributed by atoms with E-state index in [9.17, 15) is 0 Å². The largest absolute Gasteiger partial charge is 0.381 e. The number of nitrogens with zero attached hydrogens (tertiary/aromatic N) is 2. The quantitative estimate of drug-likeness (QED) is 0.870. The Morgan fingerprint density at radius 2 is 2.11 bits per heavy atom. The average molecular weight is 283 g/mol. The predicted molar refractivity (Wildman–Crippen MR) is 81.1 cm³/mol. The van der Waals surface area contributed by atoms with Gasteiger partial charge in [-0.05, 0) is 25.8 Å². The van der Waals surface area contributed by atoms with E-state index in [0.29, 0.717) is 6.04 Å². The second-order valence-corrected chi connectivity index (χ2v) is 6.02. The van der Waals surface area contributed by atoms with E-state index < -0.39 is 0 Å². The molecule has 2 rings (SSSR count). The number of anilines is 1. The molecule has 1 aliphatic heterocycles. The second kappa shape index (κ2) is 7.22. The van der Waals surface area contributed by atoms with Crippen molar-refractivity contribution >= 4 is 16.5 Å². The smallest absolute Gasteiger partial charge is 0.185 e. The molecule has 2 heterocycles. The van der Waals surface area contributed by atoms with Crippen molar-refractivity contribution in [2.75, 3.05) is 31.7 Å². The molecule has 0 aromatic carbocycles. The summed E-state index contributed by atoms with van der Waals surface area (Å²) in [5.74, 6) is 0. The topological polar surface area (TPSA) is 37.4 Å². The number of hydrogen-bond donors (Lipinski definition) is 1. The minimum Gasteiger partial charge on any atom is -0.381 e. The van der Waals surface area contributed by atoms with E-state index >= 15 is 0 Å². The summed E-state index contributed by atoms with van der Waals surface area (Å²) in [4.78, 5) is 8.56. The van der Waals surface area contributed by atoms with Crippen molar-refractivity contribution in [3.8, 4) is 0 Å². The summed E-state index contributed by atoms with van der Waals surface area (Å²) in [5.41, 5.74) is 1.25. The molecule has 0 bridgehead atoms. The molecule has 1 aromatic rings. The number of hydrogen-bond acceptors (Lipinski definition) is 5. The van der Waals surface area contributed by atoms with E-state index in [-0.39, 0.29) is 0 Å². The zero-order chi connectivity index (χ0) is 13.7. The molecule has 5 heteroatoms. The van der Waals surface area contributed by atoms with Crippen LogP contribution in [0, 0.1) is 0 Å². The first kappa shape index (κ1) is 14.8. The average Bonchev–Trinajstić information content (AvgIpc) is 2.88. The van der Waals surface area contributed by atoms with Gasteiger partial charge in [-0.15, -0.1) is 11.3 Å². The van der Waals surface area contributed by atoms with Crippen LogP contribution in [0.3, 0.4) is 0 Å². The lowest BCUT2D eigenvalue weighted by molar-refractivity contribution is 0.0855. The van der Waals surface area contributed by atoms with Crippen LogP contribution in [-0.4, -0.2) is 37.8 Å². The Kier molecular flexibility index (Phi) is 5.60. The van der Waals surface area contributed by atoms with Gasteiger partial charge in [-0.25, -0.2) is 4.98 Å². The number of ether oxygens (including phenoxy) is 1. The molecule has 1 N–H and O–H groups in total. The molecule has 19 heavy (non-hydrogen) atoms. The molecule has 1 fully saturated rings. The fourth-order valence-corrected chi connectivity index (χ4v) is 3.55. The van der Waals surface area contributed by atoms with Crippen LogP contribution in [0.2, 0.25) is 0 Å². The molecular formula is C14H25N3OS. The number of aromatic nitrogens is 1. The third kappa shape index (κ3) is 3.68. The summed E-state index contributed by atoms with van der Waals surface area (Å²) >= 11 is 1.84. The Morgan fingerprint density at radius 3 is 2.74 bits per heavy atom. The third-order valence-electron chi connectivity index (χ3n) is 3.68. The molecule has 1 aromatic heterocycles. The molecule has 0 atom stereocenters. The van der Waals surface area contributed by atoms with Gasteiger partial charge in [0.2, 0.25) is 0 Å². The van der Waals surface area contributed by atoms with Gasteiger partial charge in [-0.2, -0.15) is 0 Å². The molecule has 0 radical (unpaired) electrons. The van der Waals surface area contributed by atoms with Gasteiger partial charge in [-0.1, -0.05) is 13.8 Å². The molecular weight excluding hydrogens is 258 g/mol. The maximum absolute atomic E-state index is 5.44. The minimum atomic E-state index is 0.580. The molecule has 1 saturated heterocycles. The maximum atomic E-state index is 5.44. The lowest BCUT2D eigenvalue weighted by atomic mass is 10.1. The van der Waals surface area contributed by atoms with Crippen LogP contribution < -0.4 is 10.2 Å². The SMILES string of the molecule is CCNCc1sc(N(C)C2CCOCC2)nc1CC. The Balaban J connectivity index is 2.07. The second-order valence-electron chi connectivity index (χ2n) is 4.95. The van der Waals surface area contributed by atoms with Crippen molar-refractivity contribution in [1.29, 1.82) is 0 Å². The third-order valence-corrected chi connectivity index (χ3v) is 4.87. The number of thiazole rings is 1. The molecule has 0 saturated carbocycles. The number of aryl methyl sites for hydroxylation is 1. The summed E-state index contributed by atoms with van der Waals surface area (Å²) in [6.45, 7) is 8.03. The Morgan fingerprint density at radius 1 is 1.37 bits per heavy atom. The van der Waals surface area contributed by atoms with Crippen LogP contribution in [0.4, 0.5) is 5.13 Å². The van der Waals surface area contributed by atoms with Crippen molar-refractivity contribution in [3.63, 3.8) is 0 Å². The first-order valence-electron chi connectivity index (χ1n) is 7.26. The highest BCUT2D eigenvalue weighted by molar-refractivity contribution is 7.15. The van der Waals surface area contributed by atoms with Crippen molar-refractivity contribution in [2.45, 2.75) is 45.7 Å². The highest BCUT2D eigenvalue weighted by Crippen LogP contribution is 2.29. The Hall–Kier alpha value is -0.650. The normalized spacial score (nSPS) is 16.8. The van der Waals surface area contributed by atoms with Crippen molar-refractivity contribution in [2.24, 2.45) is 0 Å². The van der Waals surface area contributed by atoms with Gasteiger partial charge >= 0.3 is 0 Å². The van der Waals surface area contributed by atoms with Gasteiger partial charge in [-0.3, -0.25) is 0 Å². The molecule has 0 amide bonds. The van der Waals surface area contributed by atoms with Crippen LogP contribution in [0.5, 0.6) is 0 Å². The zero-order valence-electron chi connectivity index (χ0n) is 12.2. The maximum Gasteiger partial charge on any atom is 0.185 e. The number of nitrogens with one attached hydrogen (secondary N) is 1. The monoisotopic (exact) mass is 283 g/mol. The summed E-state index contributed by atoms with van der Waals surface area (Å²) in [7, 11) is 2.17. The minimum absolute atomic E-state index is 0.580. The van der Waals surface area contributed by atoms with Gasteiger partial charge in [0, 0.05) is 37.7 Å². The van der Waals surface area contributed by atoms with Crippen molar-refractivity contribution < 1.29 is 4.74 Å². The summed E-state index contributed by atoms with van der Waals surface area (Å²) in [5, 5.41) is 4.57. The van der Waals surface area contributed by atoms with Gasteiger partial charge in [0.25, 0.3) is 0 Å². The molecule has 1 aliphatic rings. The fraction of sp³-hybridized carbons (Fsp3) is 0.786. The van der Waals surface area contributed by atoms with E-state index in [0.717, 1.165) is 50.7 Å². The Labute approximate surface area is 120 Å². The van der Waals surface area contributed by atoms with Gasteiger partial charge in [0.15, 0.2) is 5.13 Å². The summed E-state index contributed by atoms with van der Waals surface area (Å²) in [6, 6.07) is 0.580. The van der Waals surface area contributed by atoms with E-state index in [1.165, 1.54) is 10.6 Å². The predicted octanol–water partition coefficient (Wildman–Crippen LogP) is 2.43. The molecule has 0 spiro atoms. The molecule has 108 valence electrons. The highest BCUT2D eigenvalue weighted by Gasteiger charge is 2.22. The molecule has 0 aliphatic carbocycles. The van der Waals surface area contributed by atoms with Crippen LogP contribution in [-0.2, 0) is 17.7 Å². The van der Waals surface area contributed by atoms with Gasteiger partial charge < -0.3 is 15.0 Å². The van der Waals surface area contributed by atoms with E-state index in [2.05, 4.69) is 31.1 Å². The Bertz CT molecular complexity index is 388. The lowest BCUT2D eigenvalue weighted by Gasteiger charge is -2.30. The lowest BCUT2D eigenvalue weighted by Crippen LogP contribution is -2.36. The molecule has 0 unspecified atom stereocenters. The first-order chi connectivity index (χ1) is 9.26. The first-order valence-corrected chi connectivity index (χ1v) is 8.07. The highest BCUT2D eigenvalue weighted by atomic mass is 32.1.